The first-order chi connectivity index (χ1) is 13.3. The van der Waals surface area contributed by atoms with Gasteiger partial charge in [0.2, 0.25) is 5.91 Å². The summed E-state index contributed by atoms with van der Waals surface area (Å²) in [5, 5.41) is 3.11. The molecule has 6 nitrogen and oxygen atoms in total. The van der Waals surface area contributed by atoms with Crippen LogP contribution >= 0.6 is 27.3 Å². The molecule has 0 spiro atoms. The summed E-state index contributed by atoms with van der Waals surface area (Å²) in [4.78, 5) is 15.2. The van der Waals surface area contributed by atoms with Gasteiger partial charge in [0.15, 0.2) is 0 Å². The minimum Gasteiger partial charge on any atom is -0.355 e. The zero-order valence-corrected chi connectivity index (χ0v) is 19.8. The van der Waals surface area contributed by atoms with Crippen LogP contribution in [0.2, 0.25) is 0 Å². The largest absolute Gasteiger partial charge is 0.355 e. The molecular weight excluding hydrogens is 462 g/mol. The fraction of sp³-hybridized carbons (Fsp3) is 0.737. The summed E-state index contributed by atoms with van der Waals surface area (Å²) in [6, 6.07) is 3.90. The molecule has 158 valence electrons. The van der Waals surface area contributed by atoms with E-state index in [1.54, 1.807) is 12.1 Å². The number of hydrogen-bond acceptors (Lipinski definition) is 5. The lowest BCUT2D eigenvalue weighted by Crippen LogP contribution is -2.48. The molecule has 0 saturated carbocycles. The maximum Gasteiger partial charge on any atom is 0.252 e. The molecule has 1 aromatic heterocycles. The Morgan fingerprint density at radius 1 is 1.25 bits per heavy atom. The summed E-state index contributed by atoms with van der Waals surface area (Å²) >= 11 is 4.53. The van der Waals surface area contributed by atoms with Crippen molar-refractivity contribution in [3.63, 3.8) is 0 Å². The average Bonchev–Trinajstić information content (AvgIpc) is 3.13. The van der Waals surface area contributed by atoms with Gasteiger partial charge < -0.3 is 10.2 Å². The van der Waals surface area contributed by atoms with Gasteiger partial charge in [-0.15, -0.1) is 11.3 Å². The van der Waals surface area contributed by atoms with Gasteiger partial charge in [-0.2, -0.15) is 4.31 Å². The maximum atomic E-state index is 12.9. The second-order valence-electron chi connectivity index (χ2n) is 8.10. The first-order valence-electron chi connectivity index (χ1n) is 10.0. The Hall–Kier alpha value is -0.480. The highest BCUT2D eigenvalue weighted by Crippen LogP contribution is 2.31. The predicted molar refractivity (Wildman–Crippen MR) is 116 cm³/mol. The molecule has 0 radical (unpaired) electrons. The van der Waals surface area contributed by atoms with E-state index in [9.17, 15) is 13.2 Å². The van der Waals surface area contributed by atoms with E-state index in [2.05, 4.69) is 40.0 Å². The maximum absolute atomic E-state index is 12.9. The van der Waals surface area contributed by atoms with Crippen LogP contribution < -0.4 is 5.32 Å². The monoisotopic (exact) mass is 491 g/mol. The average molecular weight is 493 g/mol. The number of rotatable bonds is 6. The molecule has 1 N–H and O–H groups in total. The number of thiophene rings is 1. The van der Waals surface area contributed by atoms with Crippen molar-refractivity contribution >= 4 is 43.2 Å². The molecule has 2 unspecified atom stereocenters. The molecule has 9 heteroatoms. The molecule has 2 fully saturated rings. The lowest BCUT2D eigenvalue weighted by Gasteiger charge is -2.36. The van der Waals surface area contributed by atoms with Gasteiger partial charge in [-0.1, -0.05) is 0 Å². The van der Waals surface area contributed by atoms with Crippen LogP contribution in [0, 0.1) is 11.8 Å². The molecule has 3 heterocycles. The summed E-state index contributed by atoms with van der Waals surface area (Å²) in [5.74, 6) is 0.206. The summed E-state index contributed by atoms with van der Waals surface area (Å²) in [6.07, 6.45) is 3.77. The van der Waals surface area contributed by atoms with Crippen LogP contribution in [0.15, 0.2) is 20.1 Å². The molecular formula is C19H30BrN3O3S2. The molecule has 2 aliphatic rings. The van der Waals surface area contributed by atoms with Gasteiger partial charge >= 0.3 is 0 Å². The Morgan fingerprint density at radius 2 is 2.00 bits per heavy atom. The minimum absolute atomic E-state index is 0.00562. The van der Waals surface area contributed by atoms with Crippen molar-refractivity contribution in [2.24, 2.45) is 11.8 Å². The predicted octanol–water partition coefficient (Wildman–Crippen LogP) is 3.15. The normalized spacial score (nSPS) is 25.1. The third-order valence-corrected chi connectivity index (χ3v) is 9.70. The standard InChI is InChI=1S/C19H30BrN3O3S2/c1-14(2)22-9-3-5-15(12-22)11-21-19(24)16-6-4-10-23(13-16)28(25,26)18-8-7-17(20)27-18/h7-8,14-16H,3-6,9-13H2,1-2H3,(H,21,24). The van der Waals surface area contributed by atoms with E-state index in [-0.39, 0.29) is 18.4 Å². The Bertz CT molecular complexity index is 781. The number of amides is 1. The summed E-state index contributed by atoms with van der Waals surface area (Å²) in [6.45, 7) is 8.02. The van der Waals surface area contributed by atoms with Gasteiger partial charge in [-0.3, -0.25) is 4.79 Å². The Kier molecular flexibility index (Phi) is 7.58. The highest BCUT2D eigenvalue weighted by molar-refractivity contribution is 9.11. The number of nitrogens with one attached hydrogen (secondary N) is 1. The van der Waals surface area contributed by atoms with E-state index in [1.165, 1.54) is 22.1 Å². The van der Waals surface area contributed by atoms with Crippen molar-refractivity contribution < 1.29 is 13.2 Å². The summed E-state index contributed by atoms with van der Waals surface area (Å²) in [5.41, 5.74) is 0. The van der Waals surface area contributed by atoms with Gasteiger partial charge in [-0.25, -0.2) is 8.42 Å². The first-order valence-corrected chi connectivity index (χ1v) is 13.1. The second kappa shape index (κ2) is 9.55. The second-order valence-corrected chi connectivity index (χ2v) is 12.7. The van der Waals surface area contributed by atoms with Crippen molar-refractivity contribution in [3.05, 3.63) is 15.9 Å². The number of piperidine rings is 2. The van der Waals surface area contributed by atoms with E-state index in [4.69, 9.17) is 0 Å². The molecule has 3 rings (SSSR count). The van der Waals surface area contributed by atoms with E-state index in [0.29, 0.717) is 35.7 Å². The van der Waals surface area contributed by atoms with Crippen LogP contribution in [-0.4, -0.2) is 62.3 Å². The zero-order chi connectivity index (χ0) is 20.3. The molecule has 1 amide bonds. The third-order valence-electron chi connectivity index (χ3n) is 5.74. The number of sulfonamides is 1. The molecule has 2 saturated heterocycles. The van der Waals surface area contributed by atoms with Crippen molar-refractivity contribution in [3.8, 4) is 0 Å². The van der Waals surface area contributed by atoms with Gasteiger partial charge in [0.1, 0.15) is 4.21 Å². The van der Waals surface area contributed by atoms with E-state index < -0.39 is 10.0 Å². The van der Waals surface area contributed by atoms with Crippen molar-refractivity contribution in [2.45, 2.75) is 49.8 Å². The number of likely N-dealkylation sites (tertiary alicyclic amines) is 1. The van der Waals surface area contributed by atoms with E-state index in [0.717, 1.165) is 29.7 Å². The summed E-state index contributed by atoms with van der Waals surface area (Å²) < 4.78 is 28.3. The fourth-order valence-corrected chi connectivity index (χ4v) is 7.75. The molecule has 0 aromatic carbocycles. The van der Waals surface area contributed by atoms with Crippen LogP contribution in [0.5, 0.6) is 0 Å². The Labute approximate surface area is 180 Å². The number of carbonyl (C=O) groups excluding carboxylic acids is 1. The number of carbonyl (C=O) groups is 1. The highest BCUT2D eigenvalue weighted by atomic mass is 79.9. The van der Waals surface area contributed by atoms with Gasteiger partial charge in [0.25, 0.3) is 10.0 Å². The molecule has 0 aliphatic carbocycles. The molecule has 1 aromatic rings. The highest BCUT2D eigenvalue weighted by Gasteiger charge is 2.34. The van der Waals surface area contributed by atoms with Crippen LogP contribution in [0.4, 0.5) is 0 Å². The van der Waals surface area contributed by atoms with Crippen LogP contribution in [-0.2, 0) is 14.8 Å². The zero-order valence-electron chi connectivity index (χ0n) is 16.6. The van der Waals surface area contributed by atoms with Gasteiger partial charge in [-0.05, 0) is 80.1 Å². The molecule has 0 bridgehead atoms. The van der Waals surface area contributed by atoms with E-state index in [1.807, 2.05) is 0 Å². The first kappa shape index (κ1) is 22.2. The molecule has 2 aliphatic heterocycles. The number of halogens is 1. The van der Waals surface area contributed by atoms with Crippen molar-refractivity contribution in [1.29, 1.82) is 0 Å². The van der Waals surface area contributed by atoms with Crippen LogP contribution in [0.3, 0.4) is 0 Å². The number of nitrogens with zero attached hydrogens (tertiary/aromatic N) is 2. The third kappa shape index (κ3) is 5.36. The van der Waals surface area contributed by atoms with Crippen LogP contribution in [0.1, 0.15) is 39.5 Å². The fourth-order valence-electron chi connectivity index (χ4n) is 4.06. The van der Waals surface area contributed by atoms with Gasteiger partial charge in [0, 0.05) is 32.2 Å². The lowest BCUT2D eigenvalue weighted by atomic mass is 9.95. The smallest absolute Gasteiger partial charge is 0.252 e. The molecule has 28 heavy (non-hydrogen) atoms. The molecule has 2 atom stereocenters. The summed E-state index contributed by atoms with van der Waals surface area (Å²) in [7, 11) is -3.52. The quantitative estimate of drug-likeness (QED) is 0.663. The van der Waals surface area contributed by atoms with Gasteiger partial charge in [0.05, 0.1) is 9.70 Å². The van der Waals surface area contributed by atoms with Crippen molar-refractivity contribution in [1.82, 2.24) is 14.5 Å². The SMILES string of the molecule is CC(C)N1CCCC(CNC(=O)C2CCCN(S(=O)(=O)c3ccc(Br)s3)C2)C1. The van der Waals surface area contributed by atoms with Crippen LogP contribution in [0.25, 0.3) is 0 Å². The van der Waals surface area contributed by atoms with Crippen molar-refractivity contribution in [2.75, 3.05) is 32.7 Å². The Morgan fingerprint density at radius 3 is 2.68 bits per heavy atom. The minimum atomic E-state index is -3.52. The topological polar surface area (TPSA) is 69.7 Å². The lowest BCUT2D eigenvalue weighted by molar-refractivity contribution is -0.126. The van der Waals surface area contributed by atoms with E-state index >= 15 is 0 Å². The Balaban J connectivity index is 1.54. The number of hydrogen-bond donors (Lipinski definition) is 1.